The molecule has 1 heterocycles. The van der Waals surface area contributed by atoms with E-state index in [0.717, 1.165) is 19.5 Å². The van der Waals surface area contributed by atoms with Crippen molar-refractivity contribution >= 4 is 16.6 Å². The van der Waals surface area contributed by atoms with Crippen LogP contribution in [0.5, 0.6) is 0 Å². The molecule has 0 aromatic heterocycles. The predicted octanol–water partition coefficient (Wildman–Crippen LogP) is -0.559. The molecule has 1 aliphatic heterocycles. The van der Waals surface area contributed by atoms with Crippen molar-refractivity contribution in [3.63, 3.8) is 0 Å². The number of nitrogens with zero attached hydrogens (tertiary/aromatic N) is 1. The molecule has 6 nitrogen and oxygen atoms in total. The van der Waals surface area contributed by atoms with Gasteiger partial charge in [-0.15, -0.1) is 0 Å². The summed E-state index contributed by atoms with van der Waals surface area (Å²) in [5, 5.41) is 8.80. The number of hydrogen-bond donors (Lipinski definition) is 1. The fourth-order valence-corrected chi connectivity index (χ4v) is 1.72. The largest absolute Gasteiger partial charge is 1.00 e. The first-order valence-corrected chi connectivity index (χ1v) is 6.68. The molecule has 0 spiro atoms. The first kappa shape index (κ1) is 14.8. The fourth-order valence-electron chi connectivity index (χ4n) is 1.72. The summed E-state index contributed by atoms with van der Waals surface area (Å²) in [5.41, 5.74) is 2.71. The van der Waals surface area contributed by atoms with Crippen LogP contribution in [0.15, 0.2) is 24.3 Å². The third-order valence-corrected chi connectivity index (χ3v) is 2.43. The van der Waals surface area contributed by atoms with Gasteiger partial charge < -0.3 is 14.2 Å². The van der Waals surface area contributed by atoms with Crippen LogP contribution in [0.3, 0.4) is 0 Å². The quantitative estimate of drug-likeness (QED) is 0.442. The standard InChI is InChI=1S/C11H14NO.H2O4S/c13-8-7-12-6-5-10-3-1-2-4-11(10)9-12;1-5(2,3)4/h1-4,9,13H,5-8H2;(H2,1,2,3,4)/q+1;/p-1. The molecule has 1 N–H and O–H groups in total. The molecular formula is C11H15NO5S. The zero-order chi connectivity index (χ0) is 13.6. The minimum Gasteiger partial charge on any atom is -0.759 e. The molecule has 0 fully saturated rings. The van der Waals surface area contributed by atoms with E-state index in [-0.39, 0.29) is 8.03 Å². The van der Waals surface area contributed by atoms with Crippen molar-refractivity contribution in [3.8, 4) is 0 Å². The monoisotopic (exact) mass is 273 g/mol. The average molecular weight is 273 g/mol. The van der Waals surface area contributed by atoms with Gasteiger partial charge in [0.05, 0.1) is 0 Å². The normalized spacial score (nSPS) is 14.1. The molecule has 0 unspecified atom stereocenters. The van der Waals surface area contributed by atoms with Gasteiger partial charge in [-0.3, -0.25) is 8.42 Å². The van der Waals surface area contributed by atoms with Gasteiger partial charge in [-0.1, -0.05) is 18.2 Å². The van der Waals surface area contributed by atoms with Crippen molar-refractivity contribution in [1.82, 2.24) is 0 Å². The molecule has 0 saturated heterocycles. The van der Waals surface area contributed by atoms with E-state index >= 15 is 0 Å². The summed E-state index contributed by atoms with van der Waals surface area (Å²) in [4.78, 5) is 0. The van der Waals surface area contributed by atoms with E-state index in [1.807, 2.05) is 0 Å². The molecule has 7 heteroatoms. The van der Waals surface area contributed by atoms with E-state index in [4.69, 9.17) is 22.6 Å². The highest BCUT2D eigenvalue weighted by Crippen LogP contribution is 2.10. The zero-order valence-corrected chi connectivity index (χ0v) is 10.5. The van der Waals surface area contributed by atoms with Gasteiger partial charge in [0.25, 0.3) is 0 Å². The summed E-state index contributed by atoms with van der Waals surface area (Å²) in [6, 6.07) is 8.42. The second-order valence-electron chi connectivity index (χ2n) is 3.75. The van der Waals surface area contributed by atoms with Crippen LogP contribution in [0, 0.1) is 0 Å². The average Bonchev–Trinajstić information content (AvgIpc) is 2.27. The molecule has 0 saturated carbocycles. The Labute approximate surface area is 107 Å². The van der Waals surface area contributed by atoms with Gasteiger partial charge in [-0.05, 0) is 11.6 Å². The van der Waals surface area contributed by atoms with Crippen molar-refractivity contribution < 1.29 is 28.6 Å². The van der Waals surface area contributed by atoms with E-state index in [1.165, 1.54) is 11.1 Å². The molecule has 1 aliphatic rings. The number of aliphatic hydroxyl groups excluding tert-OH is 1. The highest BCUT2D eigenvalue weighted by Gasteiger charge is 2.13. The number of hydrogen-bond acceptors (Lipinski definition) is 5. The molecule has 1 aromatic carbocycles. The Hall–Kier alpha value is -1.28. The number of benzene rings is 1. The van der Waals surface area contributed by atoms with Crippen LogP contribution in [0.1, 0.15) is 12.6 Å². The third kappa shape index (κ3) is 5.87. The van der Waals surface area contributed by atoms with Crippen LogP contribution in [0.2, 0.25) is 0 Å². The lowest BCUT2D eigenvalue weighted by molar-refractivity contribution is -0.526. The number of rotatable bonds is 2. The van der Waals surface area contributed by atoms with Crippen LogP contribution in [-0.2, 0) is 16.8 Å². The molecule has 0 bridgehead atoms. The first-order valence-electron chi connectivity index (χ1n) is 5.34. The lowest BCUT2D eigenvalue weighted by Crippen LogP contribution is -2.25. The van der Waals surface area contributed by atoms with Gasteiger partial charge in [0.2, 0.25) is 0 Å². The second-order valence-corrected chi connectivity index (χ2v) is 4.56. The third-order valence-electron chi connectivity index (χ3n) is 2.43. The Kier molecular flexibility index (Phi) is 5.42. The maximum absolute atomic E-state index is 8.80. The molecule has 18 heavy (non-hydrogen) atoms. The summed E-state index contributed by atoms with van der Waals surface area (Å²) < 4.78 is 36.3. The van der Waals surface area contributed by atoms with Crippen LogP contribution in [-0.4, -0.2) is 53.1 Å². The molecule has 0 atom stereocenters. The SMILES string of the molecule is O=S(=O)([O-])[O-].OCC[N+]1=Cc2ccccc2CC1.[H+]. The van der Waals surface area contributed by atoms with E-state index in [9.17, 15) is 0 Å². The number of aliphatic hydroxyl groups is 1. The van der Waals surface area contributed by atoms with Crippen LogP contribution < -0.4 is 0 Å². The van der Waals surface area contributed by atoms with Gasteiger partial charge in [-0.2, -0.15) is 0 Å². The van der Waals surface area contributed by atoms with E-state index in [0.29, 0.717) is 0 Å². The Balaban J connectivity index is 0.000000471. The van der Waals surface area contributed by atoms with Gasteiger partial charge in [-0.25, -0.2) is 4.58 Å². The molecule has 0 aliphatic carbocycles. The lowest BCUT2D eigenvalue weighted by Gasteiger charge is -2.10. The lowest BCUT2D eigenvalue weighted by atomic mass is 10.0. The van der Waals surface area contributed by atoms with Gasteiger partial charge in [0, 0.05) is 22.4 Å². The van der Waals surface area contributed by atoms with Crippen molar-refractivity contribution in [1.29, 1.82) is 0 Å². The summed E-state index contributed by atoms with van der Waals surface area (Å²) in [7, 11) is -5.17. The highest BCUT2D eigenvalue weighted by atomic mass is 32.3. The Bertz CT molecular complexity index is 522. The number of fused-ring (bicyclic) bond motifs is 1. The molecular weight excluding hydrogens is 258 g/mol. The topological polar surface area (TPSA) is 104 Å². The molecule has 1 aromatic rings. The van der Waals surface area contributed by atoms with Gasteiger partial charge in [0.15, 0.2) is 12.8 Å². The van der Waals surface area contributed by atoms with Gasteiger partial charge in [0.1, 0.15) is 13.2 Å². The Morgan fingerprint density at radius 1 is 1.33 bits per heavy atom. The van der Waals surface area contributed by atoms with E-state index in [2.05, 4.69) is 35.1 Å². The molecule has 0 amide bonds. The van der Waals surface area contributed by atoms with Crippen molar-refractivity contribution in [2.45, 2.75) is 6.42 Å². The predicted molar refractivity (Wildman–Crippen MR) is 64.0 cm³/mol. The van der Waals surface area contributed by atoms with E-state index < -0.39 is 10.4 Å². The van der Waals surface area contributed by atoms with Crippen LogP contribution in [0.4, 0.5) is 0 Å². The van der Waals surface area contributed by atoms with E-state index in [1.54, 1.807) is 0 Å². The summed E-state index contributed by atoms with van der Waals surface area (Å²) in [6.07, 6.45) is 3.22. The summed E-state index contributed by atoms with van der Waals surface area (Å²) in [6.45, 7) is 2.00. The minimum absolute atomic E-state index is 0. The minimum atomic E-state index is -5.17. The summed E-state index contributed by atoms with van der Waals surface area (Å²) in [5.74, 6) is 0. The van der Waals surface area contributed by atoms with Gasteiger partial charge >= 0.3 is 1.43 Å². The Morgan fingerprint density at radius 3 is 2.56 bits per heavy atom. The smallest absolute Gasteiger partial charge is 0.759 e. The maximum Gasteiger partial charge on any atom is 1.00 e. The van der Waals surface area contributed by atoms with Crippen molar-refractivity contribution in [3.05, 3.63) is 35.4 Å². The number of β-amino-alcohol motifs (C(OH)–C–C–N with tert-alkyl or cyclic N) is 1. The Morgan fingerprint density at radius 2 is 1.94 bits per heavy atom. The second kappa shape index (κ2) is 6.60. The van der Waals surface area contributed by atoms with Crippen molar-refractivity contribution in [2.24, 2.45) is 0 Å². The summed E-state index contributed by atoms with van der Waals surface area (Å²) >= 11 is 0. The highest BCUT2D eigenvalue weighted by molar-refractivity contribution is 7.79. The van der Waals surface area contributed by atoms with Crippen LogP contribution in [0.25, 0.3) is 0 Å². The van der Waals surface area contributed by atoms with Crippen molar-refractivity contribution in [2.75, 3.05) is 19.7 Å². The molecule has 0 radical (unpaired) electrons. The van der Waals surface area contributed by atoms with Crippen LogP contribution >= 0.6 is 0 Å². The zero-order valence-electron chi connectivity index (χ0n) is 10.7. The fraction of sp³-hybridized carbons (Fsp3) is 0.364. The maximum atomic E-state index is 8.80. The molecule has 2 rings (SSSR count). The molecule has 100 valence electrons. The first-order chi connectivity index (χ1) is 8.40.